The van der Waals surface area contributed by atoms with Crippen LogP contribution in [0.4, 0.5) is 0 Å². The molecule has 0 saturated heterocycles. The summed E-state index contributed by atoms with van der Waals surface area (Å²) in [7, 11) is 0. The first-order chi connectivity index (χ1) is 8.56. The molecule has 92 valence electrons. The molecule has 0 amide bonds. The number of halogens is 1. The van der Waals surface area contributed by atoms with Crippen LogP contribution >= 0.6 is 15.9 Å². The van der Waals surface area contributed by atoms with Gasteiger partial charge in [0, 0.05) is 10.5 Å². The quantitative estimate of drug-likeness (QED) is 0.669. The predicted molar refractivity (Wildman–Crippen MR) is 64.6 cm³/mol. The van der Waals surface area contributed by atoms with Gasteiger partial charge in [0.1, 0.15) is 11.4 Å². The van der Waals surface area contributed by atoms with Gasteiger partial charge in [0.05, 0.1) is 0 Å². The Morgan fingerprint density at radius 2 is 1.94 bits per heavy atom. The van der Waals surface area contributed by atoms with E-state index in [1.807, 2.05) is 0 Å². The van der Waals surface area contributed by atoms with Crippen molar-refractivity contribution in [2.24, 2.45) is 0 Å². The van der Waals surface area contributed by atoms with Crippen molar-refractivity contribution in [3.63, 3.8) is 0 Å². The summed E-state index contributed by atoms with van der Waals surface area (Å²) >= 11 is 3.25. The maximum absolute atomic E-state index is 11.6. The van der Waals surface area contributed by atoms with Gasteiger partial charge in [0.2, 0.25) is 0 Å². The Balaban J connectivity index is 2.11. The van der Waals surface area contributed by atoms with Crippen LogP contribution in [-0.2, 0) is 0 Å². The number of aromatic carboxylic acids is 1. The highest BCUT2D eigenvalue weighted by molar-refractivity contribution is 9.10. The van der Waals surface area contributed by atoms with Crippen LogP contribution in [0.1, 0.15) is 21.0 Å². The Hall–Kier alpha value is -2.15. The fourth-order valence-electron chi connectivity index (χ4n) is 1.20. The number of carbonyl (C=O) groups is 2. The minimum Gasteiger partial charge on any atom is -0.476 e. The number of esters is 1. The van der Waals surface area contributed by atoms with Crippen molar-refractivity contribution in [3.8, 4) is 5.75 Å². The maximum atomic E-state index is 11.6. The number of carboxylic acids is 1. The number of benzene rings is 1. The number of carboxylic acid groups (broad SMARTS) is 1. The first-order valence-electron chi connectivity index (χ1n) is 4.83. The van der Waals surface area contributed by atoms with E-state index in [-0.39, 0.29) is 11.4 Å². The van der Waals surface area contributed by atoms with Gasteiger partial charge in [0.25, 0.3) is 0 Å². The minimum atomic E-state index is -1.21. The summed E-state index contributed by atoms with van der Waals surface area (Å²) in [5.41, 5.74) is -0.256. The summed E-state index contributed by atoms with van der Waals surface area (Å²) in [6.07, 6.45) is 0. The molecule has 1 aromatic heterocycles. The minimum absolute atomic E-state index is 0.0182. The second kappa shape index (κ2) is 5.01. The zero-order chi connectivity index (χ0) is 13.1. The lowest BCUT2D eigenvalue weighted by Crippen LogP contribution is -2.08. The number of ether oxygens (including phenoxy) is 1. The number of hydrogen-bond acceptors (Lipinski definition) is 4. The Morgan fingerprint density at radius 1 is 1.28 bits per heavy atom. The first kappa shape index (κ1) is 12.3. The van der Waals surface area contributed by atoms with E-state index >= 15 is 0 Å². The molecule has 6 nitrogen and oxygen atoms in total. The van der Waals surface area contributed by atoms with Crippen LogP contribution in [0, 0.1) is 0 Å². The second-order valence-corrected chi connectivity index (χ2v) is 4.23. The van der Waals surface area contributed by atoms with Gasteiger partial charge in [-0.15, -0.1) is 0 Å². The third-order valence-electron chi connectivity index (χ3n) is 2.04. The number of aromatic nitrogens is 2. The molecule has 0 aliphatic carbocycles. The molecule has 2 N–H and O–H groups in total. The van der Waals surface area contributed by atoms with Crippen molar-refractivity contribution < 1.29 is 19.4 Å². The van der Waals surface area contributed by atoms with Crippen LogP contribution in [-0.4, -0.2) is 27.2 Å². The summed E-state index contributed by atoms with van der Waals surface area (Å²) in [6, 6.07) is 7.77. The van der Waals surface area contributed by atoms with E-state index in [1.165, 1.54) is 0 Å². The third-order valence-corrected chi connectivity index (χ3v) is 2.57. The fourth-order valence-corrected chi connectivity index (χ4v) is 1.46. The third kappa shape index (κ3) is 2.75. The standard InChI is InChI=1S/C11H7BrN2O4/c12-6-1-3-7(4-2-6)18-11(17)9-5-8(10(15)16)13-14-9/h1-5H,(H,13,14)(H,15,16). The maximum Gasteiger partial charge on any atom is 0.361 e. The van der Waals surface area contributed by atoms with Gasteiger partial charge in [-0.25, -0.2) is 9.59 Å². The summed E-state index contributed by atoms with van der Waals surface area (Å²) < 4.78 is 5.88. The van der Waals surface area contributed by atoms with Crippen molar-refractivity contribution in [1.82, 2.24) is 10.2 Å². The SMILES string of the molecule is O=C(O)c1cc(C(=O)Oc2ccc(Br)cc2)[nH]n1. The van der Waals surface area contributed by atoms with Crippen molar-refractivity contribution in [2.75, 3.05) is 0 Å². The molecule has 0 saturated carbocycles. The van der Waals surface area contributed by atoms with Gasteiger partial charge in [-0.05, 0) is 24.3 Å². The summed E-state index contributed by atoms with van der Waals surface area (Å²) in [5.74, 6) is -1.55. The monoisotopic (exact) mass is 310 g/mol. The highest BCUT2D eigenvalue weighted by Crippen LogP contribution is 2.17. The Labute approximate surface area is 110 Å². The average molecular weight is 311 g/mol. The summed E-state index contributed by atoms with van der Waals surface area (Å²) in [6.45, 7) is 0. The topological polar surface area (TPSA) is 92.3 Å². The van der Waals surface area contributed by atoms with Gasteiger partial charge in [-0.1, -0.05) is 15.9 Å². The number of hydrogen-bond donors (Lipinski definition) is 2. The van der Waals surface area contributed by atoms with Crippen LogP contribution < -0.4 is 4.74 Å². The molecule has 0 atom stereocenters. The number of nitrogens with zero attached hydrogens (tertiary/aromatic N) is 1. The smallest absolute Gasteiger partial charge is 0.361 e. The molecule has 1 heterocycles. The molecule has 0 fully saturated rings. The molecule has 1 aromatic carbocycles. The van der Waals surface area contributed by atoms with E-state index in [0.717, 1.165) is 10.5 Å². The lowest BCUT2D eigenvalue weighted by molar-refractivity contribution is 0.0689. The van der Waals surface area contributed by atoms with Gasteiger partial charge < -0.3 is 9.84 Å². The number of carbonyl (C=O) groups excluding carboxylic acids is 1. The van der Waals surface area contributed by atoms with Crippen LogP contribution in [0.25, 0.3) is 0 Å². The average Bonchev–Trinajstić information content (AvgIpc) is 2.81. The number of rotatable bonds is 3. The molecule has 0 unspecified atom stereocenters. The van der Waals surface area contributed by atoms with E-state index in [0.29, 0.717) is 5.75 Å². The van der Waals surface area contributed by atoms with Crippen molar-refractivity contribution in [3.05, 3.63) is 46.2 Å². The zero-order valence-electron chi connectivity index (χ0n) is 8.88. The Morgan fingerprint density at radius 3 is 2.50 bits per heavy atom. The van der Waals surface area contributed by atoms with E-state index in [4.69, 9.17) is 9.84 Å². The summed E-state index contributed by atoms with van der Waals surface area (Å²) in [5, 5.41) is 14.4. The Kier molecular flexibility index (Phi) is 3.42. The van der Waals surface area contributed by atoms with Crippen molar-refractivity contribution >= 4 is 27.9 Å². The van der Waals surface area contributed by atoms with Gasteiger partial charge in [-0.3, -0.25) is 5.10 Å². The van der Waals surface area contributed by atoms with E-state index in [9.17, 15) is 9.59 Å². The number of nitrogens with one attached hydrogen (secondary N) is 1. The predicted octanol–water partition coefficient (Wildman–Crippen LogP) is 2.09. The lowest BCUT2D eigenvalue weighted by Gasteiger charge is -2.01. The van der Waals surface area contributed by atoms with Gasteiger partial charge >= 0.3 is 11.9 Å². The Bertz CT molecular complexity index is 591. The van der Waals surface area contributed by atoms with Crippen molar-refractivity contribution in [2.45, 2.75) is 0 Å². The van der Waals surface area contributed by atoms with Crippen LogP contribution in [0.2, 0.25) is 0 Å². The number of H-pyrrole nitrogens is 1. The molecule has 2 rings (SSSR count). The largest absolute Gasteiger partial charge is 0.476 e. The highest BCUT2D eigenvalue weighted by Gasteiger charge is 2.15. The van der Waals surface area contributed by atoms with Crippen LogP contribution in [0.3, 0.4) is 0 Å². The lowest BCUT2D eigenvalue weighted by atomic mass is 10.3. The van der Waals surface area contributed by atoms with Gasteiger partial charge in [-0.2, -0.15) is 5.10 Å². The molecule has 18 heavy (non-hydrogen) atoms. The molecule has 0 bridgehead atoms. The van der Waals surface area contributed by atoms with E-state index in [1.54, 1.807) is 24.3 Å². The van der Waals surface area contributed by atoms with Crippen LogP contribution in [0.5, 0.6) is 5.75 Å². The molecule has 2 aromatic rings. The zero-order valence-corrected chi connectivity index (χ0v) is 10.5. The molecule has 0 aliphatic heterocycles. The normalized spacial score (nSPS) is 10.1. The summed E-state index contributed by atoms with van der Waals surface area (Å²) in [4.78, 5) is 22.2. The highest BCUT2D eigenvalue weighted by atomic mass is 79.9. The molecular weight excluding hydrogens is 304 g/mol. The molecule has 0 spiro atoms. The fraction of sp³-hybridized carbons (Fsp3) is 0. The second-order valence-electron chi connectivity index (χ2n) is 3.32. The molecule has 0 radical (unpaired) electrons. The van der Waals surface area contributed by atoms with E-state index in [2.05, 4.69) is 26.1 Å². The molecule has 7 heteroatoms. The van der Waals surface area contributed by atoms with Crippen molar-refractivity contribution in [1.29, 1.82) is 0 Å². The number of aromatic amines is 1. The molecule has 0 aliphatic rings. The first-order valence-corrected chi connectivity index (χ1v) is 5.62. The van der Waals surface area contributed by atoms with E-state index < -0.39 is 11.9 Å². The van der Waals surface area contributed by atoms with Gasteiger partial charge in [0.15, 0.2) is 5.69 Å². The molecular formula is C11H7BrN2O4. The van der Waals surface area contributed by atoms with Crippen LogP contribution in [0.15, 0.2) is 34.8 Å².